The number of methoxy groups -OCH3 is 1. The number of hydrogen-bond donors (Lipinski definition) is 3. The van der Waals surface area contributed by atoms with Crippen LogP contribution in [0.4, 0.5) is 0 Å². The molecule has 1 aromatic rings. The predicted molar refractivity (Wildman–Crippen MR) is 63.6 cm³/mol. The van der Waals surface area contributed by atoms with Crippen LogP contribution in [0, 0.1) is 0 Å². The summed E-state index contributed by atoms with van der Waals surface area (Å²) < 4.78 is 5.50. The van der Waals surface area contributed by atoms with Crippen molar-refractivity contribution in [2.45, 2.75) is 6.04 Å². The van der Waals surface area contributed by atoms with Gasteiger partial charge in [-0.15, -0.1) is 12.4 Å². The van der Waals surface area contributed by atoms with Gasteiger partial charge in [0.25, 0.3) is 0 Å². The molecule has 1 atom stereocenters. The van der Waals surface area contributed by atoms with E-state index in [4.69, 9.17) is 15.6 Å². The molecule has 1 rings (SSSR count). The lowest BCUT2D eigenvalue weighted by molar-refractivity contribution is 0.264. The van der Waals surface area contributed by atoms with Gasteiger partial charge in [-0.1, -0.05) is 0 Å². The largest absolute Gasteiger partial charge is 0.506 e. The van der Waals surface area contributed by atoms with E-state index < -0.39 is 6.04 Å². The fourth-order valence-corrected chi connectivity index (χ4v) is 1.55. The first kappa shape index (κ1) is 14.5. The molecule has 0 aliphatic carbocycles. The topological polar surface area (TPSA) is 75.7 Å². The van der Waals surface area contributed by atoms with E-state index in [0.717, 1.165) is 0 Å². The molecule has 0 radical (unpaired) electrons. The van der Waals surface area contributed by atoms with Crippen LogP contribution in [-0.4, -0.2) is 23.9 Å². The smallest absolute Gasteiger partial charge is 0.134 e. The highest BCUT2D eigenvalue weighted by Crippen LogP contribution is 2.35. The molecule has 0 amide bonds. The number of phenolic OH excluding ortho intramolecular Hbond substituents is 1. The van der Waals surface area contributed by atoms with Crippen LogP contribution in [0.2, 0.25) is 0 Å². The molecule has 0 unspecified atom stereocenters. The van der Waals surface area contributed by atoms with Gasteiger partial charge in [0.05, 0.1) is 24.2 Å². The van der Waals surface area contributed by atoms with Gasteiger partial charge in [-0.05, 0) is 28.1 Å². The van der Waals surface area contributed by atoms with E-state index in [2.05, 4.69) is 15.9 Å². The Bertz CT molecular complexity index is 335. The van der Waals surface area contributed by atoms with Gasteiger partial charge in [0.1, 0.15) is 11.5 Å². The molecular formula is C9H13BrClNO3. The zero-order valence-electron chi connectivity index (χ0n) is 8.11. The second kappa shape index (κ2) is 6.17. The van der Waals surface area contributed by atoms with Crippen molar-refractivity contribution in [3.05, 3.63) is 22.2 Å². The number of aliphatic hydroxyl groups is 1. The zero-order valence-corrected chi connectivity index (χ0v) is 10.5. The minimum absolute atomic E-state index is 0. The fourth-order valence-electron chi connectivity index (χ4n) is 1.09. The van der Waals surface area contributed by atoms with Crippen LogP contribution in [0.1, 0.15) is 11.6 Å². The Balaban J connectivity index is 0.00000196. The monoisotopic (exact) mass is 297 g/mol. The molecule has 1 aromatic carbocycles. The van der Waals surface area contributed by atoms with Gasteiger partial charge >= 0.3 is 0 Å². The number of benzene rings is 1. The molecule has 4 N–H and O–H groups in total. The van der Waals surface area contributed by atoms with Gasteiger partial charge in [-0.25, -0.2) is 0 Å². The Hall–Kier alpha value is -0.490. The minimum Gasteiger partial charge on any atom is -0.506 e. The molecule has 0 fully saturated rings. The summed E-state index contributed by atoms with van der Waals surface area (Å²) in [5.74, 6) is 0.612. The summed E-state index contributed by atoms with van der Waals surface area (Å²) in [6.45, 7) is -0.229. The van der Waals surface area contributed by atoms with E-state index >= 15 is 0 Å². The lowest BCUT2D eigenvalue weighted by Crippen LogP contribution is -2.14. The molecule has 0 saturated carbocycles. The molecule has 0 spiro atoms. The summed E-state index contributed by atoms with van der Waals surface area (Å²) in [5, 5.41) is 18.5. The summed E-state index contributed by atoms with van der Waals surface area (Å²) in [5.41, 5.74) is 6.06. The average Bonchev–Trinajstić information content (AvgIpc) is 2.20. The number of hydrogen-bond acceptors (Lipinski definition) is 4. The lowest BCUT2D eigenvalue weighted by atomic mass is 10.1. The summed E-state index contributed by atoms with van der Waals surface area (Å²) in [6.07, 6.45) is 0. The van der Waals surface area contributed by atoms with Crippen molar-refractivity contribution in [3.63, 3.8) is 0 Å². The SMILES string of the molecule is COc1cc(Br)c(O)c([C@H](N)CO)c1.Cl. The van der Waals surface area contributed by atoms with Crippen molar-refractivity contribution in [1.29, 1.82) is 0 Å². The van der Waals surface area contributed by atoms with Crippen LogP contribution in [0.25, 0.3) is 0 Å². The molecule has 0 heterocycles. The van der Waals surface area contributed by atoms with Crippen molar-refractivity contribution >= 4 is 28.3 Å². The van der Waals surface area contributed by atoms with Crippen LogP contribution in [0.15, 0.2) is 16.6 Å². The van der Waals surface area contributed by atoms with Crippen LogP contribution < -0.4 is 10.5 Å². The van der Waals surface area contributed by atoms with Gasteiger partial charge < -0.3 is 20.7 Å². The first-order valence-electron chi connectivity index (χ1n) is 4.03. The number of nitrogens with two attached hydrogens (primary N) is 1. The maximum absolute atomic E-state index is 9.63. The molecule has 6 heteroatoms. The second-order valence-electron chi connectivity index (χ2n) is 2.84. The summed E-state index contributed by atoms with van der Waals surface area (Å²) in [7, 11) is 1.52. The summed E-state index contributed by atoms with van der Waals surface area (Å²) in [4.78, 5) is 0. The van der Waals surface area contributed by atoms with Crippen LogP contribution >= 0.6 is 28.3 Å². The van der Waals surface area contributed by atoms with E-state index in [9.17, 15) is 5.11 Å². The lowest BCUT2D eigenvalue weighted by Gasteiger charge is -2.13. The highest BCUT2D eigenvalue weighted by molar-refractivity contribution is 9.10. The van der Waals surface area contributed by atoms with Crippen molar-refractivity contribution in [3.8, 4) is 11.5 Å². The third kappa shape index (κ3) is 3.24. The standard InChI is InChI=1S/C9H12BrNO3.ClH/c1-14-5-2-6(8(11)4-12)9(13)7(10)3-5;/h2-3,8,12-13H,4,11H2,1H3;1H/t8-;/m1./s1. The van der Waals surface area contributed by atoms with Gasteiger partial charge in [-0.3, -0.25) is 0 Å². The van der Waals surface area contributed by atoms with E-state index in [-0.39, 0.29) is 24.8 Å². The van der Waals surface area contributed by atoms with E-state index in [1.807, 2.05) is 0 Å². The maximum atomic E-state index is 9.63. The third-order valence-electron chi connectivity index (χ3n) is 1.90. The van der Waals surface area contributed by atoms with Gasteiger partial charge in [0, 0.05) is 5.56 Å². The van der Waals surface area contributed by atoms with E-state index in [1.54, 1.807) is 12.1 Å². The predicted octanol–water partition coefficient (Wildman–Crippen LogP) is 1.58. The van der Waals surface area contributed by atoms with Crippen molar-refractivity contribution in [2.24, 2.45) is 5.73 Å². The van der Waals surface area contributed by atoms with Crippen molar-refractivity contribution in [1.82, 2.24) is 0 Å². The number of aliphatic hydroxyl groups excluding tert-OH is 1. The average molecular weight is 299 g/mol. The number of aromatic hydroxyl groups is 1. The first-order valence-corrected chi connectivity index (χ1v) is 4.82. The van der Waals surface area contributed by atoms with E-state index in [1.165, 1.54) is 7.11 Å². The molecule has 0 aliphatic heterocycles. The summed E-state index contributed by atoms with van der Waals surface area (Å²) >= 11 is 3.17. The molecule has 0 aliphatic rings. The van der Waals surface area contributed by atoms with Crippen molar-refractivity contribution in [2.75, 3.05) is 13.7 Å². The summed E-state index contributed by atoms with van der Waals surface area (Å²) in [6, 6.07) is 2.62. The number of ether oxygens (including phenoxy) is 1. The maximum Gasteiger partial charge on any atom is 0.134 e. The van der Waals surface area contributed by atoms with Gasteiger partial charge in [-0.2, -0.15) is 0 Å². The van der Waals surface area contributed by atoms with Crippen LogP contribution in [0.3, 0.4) is 0 Å². The quantitative estimate of drug-likeness (QED) is 0.792. The Morgan fingerprint density at radius 2 is 2.13 bits per heavy atom. The Kier molecular flexibility index (Phi) is 5.97. The fraction of sp³-hybridized carbons (Fsp3) is 0.333. The second-order valence-corrected chi connectivity index (χ2v) is 3.69. The molecule has 0 bridgehead atoms. The molecule has 0 saturated heterocycles. The number of rotatable bonds is 3. The Morgan fingerprint density at radius 3 is 2.60 bits per heavy atom. The number of phenols is 1. The highest BCUT2D eigenvalue weighted by Gasteiger charge is 2.14. The van der Waals surface area contributed by atoms with Gasteiger partial charge in [0.15, 0.2) is 0 Å². The third-order valence-corrected chi connectivity index (χ3v) is 2.50. The van der Waals surface area contributed by atoms with Crippen molar-refractivity contribution < 1.29 is 14.9 Å². The molecule has 86 valence electrons. The van der Waals surface area contributed by atoms with Crippen LogP contribution in [0.5, 0.6) is 11.5 Å². The van der Waals surface area contributed by atoms with E-state index in [0.29, 0.717) is 15.8 Å². The molecular weight excluding hydrogens is 285 g/mol. The Labute approximate surface area is 103 Å². The zero-order chi connectivity index (χ0) is 10.7. The normalized spacial score (nSPS) is 11.7. The molecule has 4 nitrogen and oxygen atoms in total. The van der Waals surface area contributed by atoms with Gasteiger partial charge in [0.2, 0.25) is 0 Å². The highest BCUT2D eigenvalue weighted by atomic mass is 79.9. The molecule has 15 heavy (non-hydrogen) atoms. The minimum atomic E-state index is -0.610. The number of halogens is 2. The Morgan fingerprint density at radius 1 is 1.53 bits per heavy atom. The van der Waals surface area contributed by atoms with Crippen LogP contribution in [-0.2, 0) is 0 Å². The molecule has 0 aromatic heterocycles. The first-order chi connectivity index (χ1) is 6.60.